The minimum Gasteiger partial charge on any atom is -0.309 e. The molecular formula is C30H38F2N8. The molecule has 4 aliphatic rings. The van der Waals surface area contributed by atoms with E-state index in [2.05, 4.69) is 42.1 Å². The highest BCUT2D eigenvalue weighted by molar-refractivity contribution is 6.07. The molecule has 2 aliphatic heterocycles. The monoisotopic (exact) mass is 548 g/mol. The van der Waals surface area contributed by atoms with E-state index in [0.717, 1.165) is 57.3 Å². The van der Waals surface area contributed by atoms with E-state index in [4.69, 9.17) is 0 Å². The molecule has 1 saturated carbocycles. The molecule has 0 aromatic carbocycles. The molecule has 2 unspecified atom stereocenters. The van der Waals surface area contributed by atoms with E-state index < -0.39 is 11.6 Å². The normalized spacial score (nSPS) is 24.1. The van der Waals surface area contributed by atoms with Crippen LogP contribution in [-0.2, 0) is 6.54 Å². The van der Waals surface area contributed by atoms with Gasteiger partial charge in [-0.15, -0.1) is 0 Å². The van der Waals surface area contributed by atoms with Crippen molar-refractivity contribution in [2.24, 2.45) is 16.9 Å². The number of anilines is 2. The molecule has 2 aromatic heterocycles. The van der Waals surface area contributed by atoms with E-state index in [9.17, 15) is 4.39 Å². The number of allylic oxidation sites excluding steroid dienone is 3. The van der Waals surface area contributed by atoms with Gasteiger partial charge in [-0.05, 0) is 49.4 Å². The number of aromatic nitrogens is 3. The molecule has 2 aliphatic carbocycles. The van der Waals surface area contributed by atoms with Gasteiger partial charge < -0.3 is 10.2 Å². The number of piperazine rings is 1. The molecule has 6 rings (SSSR count). The summed E-state index contributed by atoms with van der Waals surface area (Å²) in [5.41, 5.74) is 2.07. The zero-order valence-electron chi connectivity index (χ0n) is 23.4. The molecule has 2 atom stereocenters. The molecule has 4 heterocycles. The van der Waals surface area contributed by atoms with Gasteiger partial charge in [-0.25, -0.2) is 23.7 Å². The maximum atomic E-state index is 15.2. The van der Waals surface area contributed by atoms with Crippen LogP contribution in [0.3, 0.4) is 0 Å². The largest absolute Gasteiger partial charge is 0.309 e. The molecule has 1 N–H and O–H groups in total. The lowest BCUT2D eigenvalue weighted by Gasteiger charge is -2.34. The van der Waals surface area contributed by atoms with Crippen molar-refractivity contribution in [3.05, 3.63) is 59.6 Å². The summed E-state index contributed by atoms with van der Waals surface area (Å²) in [6.45, 7) is 8.58. The van der Waals surface area contributed by atoms with Gasteiger partial charge in [0.1, 0.15) is 23.1 Å². The number of halogens is 2. The number of nitrogens with zero attached hydrogens (tertiary/aromatic N) is 7. The Morgan fingerprint density at radius 2 is 1.77 bits per heavy atom. The fourth-order valence-electron chi connectivity index (χ4n) is 6.66. The van der Waals surface area contributed by atoms with E-state index in [-0.39, 0.29) is 23.6 Å². The van der Waals surface area contributed by atoms with Crippen molar-refractivity contribution >= 4 is 23.1 Å². The Balaban J connectivity index is 1.14. The Labute approximate surface area is 234 Å². The topological polar surface area (TPSA) is 72.8 Å². The average molecular weight is 549 g/mol. The third-order valence-corrected chi connectivity index (χ3v) is 8.64. The average Bonchev–Trinajstić information content (AvgIpc) is 3.59. The van der Waals surface area contributed by atoms with Crippen LogP contribution in [0.1, 0.15) is 50.3 Å². The number of fused-ring (bicyclic) bond motifs is 1. The van der Waals surface area contributed by atoms with Crippen LogP contribution < -0.4 is 5.32 Å². The van der Waals surface area contributed by atoms with Crippen LogP contribution in [0.5, 0.6) is 0 Å². The Bertz CT molecular complexity index is 1290. The molecule has 0 radical (unpaired) electrons. The standard InChI is InChI=1S/C30H38F2N8/c1-3-10-39-11-13-40(14-12-39)19-20-8-9-26(33-17-20)35-30-34-18-25(32)27(36-30)22-15-23-28(24(31)16-22)37-38(2)29(23)21-6-4-5-7-21/h8-9,15-18,21,23,29H,3-7,10-14,19H2,1-2H3,(H,33,34,35,36). The molecule has 40 heavy (non-hydrogen) atoms. The second-order valence-electron chi connectivity index (χ2n) is 11.4. The first-order chi connectivity index (χ1) is 19.5. The first-order valence-electron chi connectivity index (χ1n) is 14.6. The van der Waals surface area contributed by atoms with Crippen molar-refractivity contribution in [2.45, 2.75) is 51.6 Å². The number of hydrogen-bond donors (Lipinski definition) is 1. The van der Waals surface area contributed by atoms with Crippen molar-refractivity contribution in [3.8, 4) is 0 Å². The summed E-state index contributed by atoms with van der Waals surface area (Å²) in [7, 11) is 1.91. The zero-order valence-corrected chi connectivity index (χ0v) is 23.4. The molecule has 0 amide bonds. The van der Waals surface area contributed by atoms with E-state index >= 15 is 4.39 Å². The van der Waals surface area contributed by atoms with Gasteiger partial charge >= 0.3 is 0 Å². The summed E-state index contributed by atoms with van der Waals surface area (Å²) in [5, 5.41) is 9.49. The van der Waals surface area contributed by atoms with Gasteiger partial charge in [0.15, 0.2) is 5.82 Å². The lowest BCUT2D eigenvalue weighted by atomic mass is 9.81. The van der Waals surface area contributed by atoms with Crippen LogP contribution in [-0.4, -0.2) is 81.3 Å². The van der Waals surface area contributed by atoms with E-state index in [1.165, 1.54) is 31.9 Å². The van der Waals surface area contributed by atoms with Gasteiger partial charge in [0.2, 0.25) is 5.95 Å². The Morgan fingerprint density at radius 3 is 2.50 bits per heavy atom. The van der Waals surface area contributed by atoms with E-state index in [1.807, 2.05) is 36.5 Å². The molecule has 2 fully saturated rings. The summed E-state index contributed by atoms with van der Waals surface area (Å²) in [4.78, 5) is 18.1. The molecule has 0 spiro atoms. The molecular weight excluding hydrogens is 510 g/mol. The first-order valence-corrected chi connectivity index (χ1v) is 14.6. The fourth-order valence-corrected chi connectivity index (χ4v) is 6.66. The SMILES string of the molecule is CCCN1CCN(Cc2ccc(Nc3ncc(F)c(C4=CC5C(=NN(C)C5C5CCCC5)C(F)=C4)n3)nc2)CC1. The third kappa shape index (κ3) is 5.65. The lowest BCUT2D eigenvalue weighted by molar-refractivity contribution is 0.127. The van der Waals surface area contributed by atoms with Crippen LogP contribution in [0.4, 0.5) is 20.5 Å². The van der Waals surface area contributed by atoms with Gasteiger partial charge in [0, 0.05) is 57.5 Å². The summed E-state index contributed by atoms with van der Waals surface area (Å²) >= 11 is 0. The predicted octanol–water partition coefficient (Wildman–Crippen LogP) is 5.01. The van der Waals surface area contributed by atoms with Crippen molar-refractivity contribution in [1.29, 1.82) is 0 Å². The maximum absolute atomic E-state index is 15.2. The van der Waals surface area contributed by atoms with Gasteiger partial charge in [0.25, 0.3) is 0 Å². The number of rotatable bonds is 8. The quantitative estimate of drug-likeness (QED) is 0.497. The van der Waals surface area contributed by atoms with Gasteiger partial charge in [-0.3, -0.25) is 9.91 Å². The molecule has 2 aromatic rings. The smallest absolute Gasteiger partial charge is 0.229 e. The van der Waals surface area contributed by atoms with Crippen molar-refractivity contribution in [2.75, 3.05) is 45.1 Å². The highest BCUT2D eigenvalue weighted by atomic mass is 19.1. The molecule has 8 nitrogen and oxygen atoms in total. The van der Waals surface area contributed by atoms with Crippen molar-refractivity contribution in [1.82, 2.24) is 29.8 Å². The number of hydrogen-bond acceptors (Lipinski definition) is 8. The Kier molecular flexibility index (Phi) is 7.89. The Hall–Kier alpha value is -3.24. The number of nitrogens with one attached hydrogen (secondary N) is 1. The Morgan fingerprint density at radius 1 is 1.00 bits per heavy atom. The highest BCUT2D eigenvalue weighted by Gasteiger charge is 2.43. The fraction of sp³-hybridized carbons (Fsp3) is 0.533. The second kappa shape index (κ2) is 11.7. The lowest BCUT2D eigenvalue weighted by Crippen LogP contribution is -2.45. The van der Waals surface area contributed by atoms with E-state index in [1.54, 1.807) is 0 Å². The summed E-state index contributed by atoms with van der Waals surface area (Å²) in [5.74, 6) is 0.00333. The minimum absolute atomic E-state index is 0.0743. The number of hydrazone groups is 1. The maximum Gasteiger partial charge on any atom is 0.229 e. The van der Waals surface area contributed by atoms with Crippen LogP contribution >= 0.6 is 0 Å². The molecule has 212 valence electrons. The van der Waals surface area contributed by atoms with Crippen LogP contribution in [0, 0.1) is 17.7 Å². The third-order valence-electron chi connectivity index (χ3n) is 8.64. The van der Waals surface area contributed by atoms with Gasteiger partial charge in [-0.2, -0.15) is 5.10 Å². The zero-order chi connectivity index (χ0) is 27.6. The van der Waals surface area contributed by atoms with Crippen molar-refractivity contribution < 1.29 is 8.78 Å². The molecule has 0 bridgehead atoms. The van der Waals surface area contributed by atoms with Crippen LogP contribution in [0.15, 0.2) is 47.6 Å². The summed E-state index contributed by atoms with van der Waals surface area (Å²) in [6.07, 6.45) is 12.0. The predicted molar refractivity (Wildman–Crippen MR) is 153 cm³/mol. The van der Waals surface area contributed by atoms with Gasteiger partial charge in [-0.1, -0.05) is 31.9 Å². The van der Waals surface area contributed by atoms with Gasteiger partial charge in [0.05, 0.1) is 12.2 Å². The van der Waals surface area contributed by atoms with Crippen molar-refractivity contribution in [3.63, 3.8) is 0 Å². The number of pyridine rings is 1. The van der Waals surface area contributed by atoms with E-state index in [0.29, 0.717) is 23.0 Å². The minimum atomic E-state index is -0.590. The van der Waals surface area contributed by atoms with Crippen LogP contribution in [0.25, 0.3) is 5.57 Å². The molecule has 10 heteroatoms. The summed E-state index contributed by atoms with van der Waals surface area (Å²) < 4.78 is 30.2. The first kappa shape index (κ1) is 27.0. The summed E-state index contributed by atoms with van der Waals surface area (Å²) in [6, 6.07) is 4.01. The second-order valence-corrected chi connectivity index (χ2v) is 11.4. The molecule has 1 saturated heterocycles. The highest BCUT2D eigenvalue weighted by Crippen LogP contribution is 2.42. The van der Waals surface area contributed by atoms with Crippen LogP contribution in [0.2, 0.25) is 0 Å².